The summed E-state index contributed by atoms with van der Waals surface area (Å²) in [7, 11) is 0. The number of amides is 1. The molecule has 0 saturated carbocycles. The summed E-state index contributed by atoms with van der Waals surface area (Å²) in [6, 6.07) is 0. The third-order valence-corrected chi connectivity index (χ3v) is 2.80. The second-order valence-electron chi connectivity index (χ2n) is 4.17. The van der Waals surface area contributed by atoms with Gasteiger partial charge in [-0.3, -0.25) is 4.79 Å². The zero-order valence-electron chi connectivity index (χ0n) is 9.68. The Morgan fingerprint density at radius 3 is 2.67 bits per heavy atom. The molecule has 15 heavy (non-hydrogen) atoms. The summed E-state index contributed by atoms with van der Waals surface area (Å²) in [6.45, 7) is 4.13. The van der Waals surface area contributed by atoms with Crippen LogP contribution in [0.2, 0.25) is 0 Å². The molecule has 1 unspecified atom stereocenters. The van der Waals surface area contributed by atoms with E-state index in [9.17, 15) is 9.90 Å². The van der Waals surface area contributed by atoms with Crippen LogP contribution in [-0.2, 0) is 4.79 Å². The lowest BCUT2D eigenvalue weighted by atomic mass is 10.0. The Morgan fingerprint density at radius 2 is 2.13 bits per heavy atom. The van der Waals surface area contributed by atoms with Gasteiger partial charge in [0, 0.05) is 18.3 Å². The highest BCUT2D eigenvalue weighted by molar-refractivity contribution is 9.09. The van der Waals surface area contributed by atoms with Gasteiger partial charge in [0.15, 0.2) is 0 Å². The Labute approximate surface area is 101 Å². The number of halogens is 1. The van der Waals surface area contributed by atoms with Gasteiger partial charge >= 0.3 is 0 Å². The maximum atomic E-state index is 11.3. The van der Waals surface area contributed by atoms with Crippen molar-refractivity contribution in [1.29, 1.82) is 0 Å². The summed E-state index contributed by atoms with van der Waals surface area (Å²) in [5, 5.41) is 13.5. The first-order valence-corrected chi connectivity index (χ1v) is 6.69. The maximum Gasteiger partial charge on any atom is 0.220 e. The Morgan fingerprint density at radius 1 is 1.47 bits per heavy atom. The first kappa shape index (κ1) is 14.9. The molecule has 0 aliphatic heterocycles. The molecule has 0 spiro atoms. The Bertz CT molecular complexity index is 183. The summed E-state index contributed by atoms with van der Waals surface area (Å²) in [6.07, 6.45) is 4.10. The summed E-state index contributed by atoms with van der Waals surface area (Å²) >= 11 is 3.32. The fourth-order valence-corrected chi connectivity index (χ4v) is 1.78. The molecule has 0 aromatic carbocycles. The average molecular weight is 280 g/mol. The fourth-order valence-electron chi connectivity index (χ4n) is 1.38. The van der Waals surface area contributed by atoms with Gasteiger partial charge in [-0.1, -0.05) is 29.3 Å². The van der Waals surface area contributed by atoms with Gasteiger partial charge in [0.25, 0.3) is 0 Å². The van der Waals surface area contributed by atoms with Crippen LogP contribution in [0.15, 0.2) is 0 Å². The van der Waals surface area contributed by atoms with E-state index >= 15 is 0 Å². The maximum absolute atomic E-state index is 11.3. The van der Waals surface area contributed by atoms with E-state index in [4.69, 9.17) is 0 Å². The molecule has 90 valence electrons. The number of aliphatic hydroxyl groups is 1. The molecule has 3 nitrogen and oxygen atoms in total. The molecule has 0 aromatic heterocycles. The number of hydrogen-bond donors (Lipinski definition) is 2. The molecule has 0 aliphatic rings. The standard InChI is InChI=1S/C11H22BrNO2/c1-3-7-11(2,15)9-13-10(14)6-4-5-8-12/h15H,3-9H2,1-2H3,(H,13,14). The molecule has 0 bridgehead atoms. The van der Waals surface area contributed by atoms with E-state index in [2.05, 4.69) is 21.2 Å². The van der Waals surface area contributed by atoms with Crippen LogP contribution in [0.1, 0.15) is 46.0 Å². The van der Waals surface area contributed by atoms with Crippen molar-refractivity contribution in [3.63, 3.8) is 0 Å². The molecular weight excluding hydrogens is 258 g/mol. The van der Waals surface area contributed by atoms with E-state index < -0.39 is 5.60 Å². The van der Waals surface area contributed by atoms with Gasteiger partial charge in [-0.15, -0.1) is 0 Å². The lowest BCUT2D eigenvalue weighted by Crippen LogP contribution is -2.40. The third-order valence-electron chi connectivity index (χ3n) is 2.24. The summed E-state index contributed by atoms with van der Waals surface area (Å²) < 4.78 is 0. The van der Waals surface area contributed by atoms with Gasteiger partial charge in [-0.2, -0.15) is 0 Å². The van der Waals surface area contributed by atoms with Crippen LogP contribution in [0.25, 0.3) is 0 Å². The number of alkyl halides is 1. The van der Waals surface area contributed by atoms with Gasteiger partial charge in [0.2, 0.25) is 5.91 Å². The Balaban J connectivity index is 3.60. The van der Waals surface area contributed by atoms with Crippen molar-refractivity contribution in [1.82, 2.24) is 5.32 Å². The lowest BCUT2D eigenvalue weighted by molar-refractivity contribution is -0.122. The zero-order chi connectivity index (χ0) is 11.7. The molecule has 0 radical (unpaired) electrons. The SMILES string of the molecule is CCCC(C)(O)CNC(=O)CCCCBr. The zero-order valence-corrected chi connectivity index (χ0v) is 11.3. The molecule has 0 rings (SSSR count). The van der Waals surface area contributed by atoms with Crippen molar-refractivity contribution in [2.24, 2.45) is 0 Å². The minimum absolute atomic E-state index is 0.0346. The molecule has 0 heterocycles. The van der Waals surface area contributed by atoms with E-state index in [1.807, 2.05) is 6.92 Å². The topological polar surface area (TPSA) is 49.3 Å². The largest absolute Gasteiger partial charge is 0.388 e. The summed E-state index contributed by atoms with van der Waals surface area (Å²) in [5.74, 6) is 0.0346. The number of carbonyl (C=O) groups is 1. The van der Waals surface area contributed by atoms with Crippen molar-refractivity contribution in [3.8, 4) is 0 Å². The number of hydrogen-bond acceptors (Lipinski definition) is 2. The van der Waals surface area contributed by atoms with E-state index in [0.717, 1.165) is 24.6 Å². The molecule has 0 fully saturated rings. The second-order valence-corrected chi connectivity index (χ2v) is 4.96. The average Bonchev–Trinajstić information content (AvgIpc) is 2.15. The van der Waals surface area contributed by atoms with Gasteiger partial charge in [-0.25, -0.2) is 0 Å². The van der Waals surface area contributed by atoms with Gasteiger partial charge in [0.05, 0.1) is 5.60 Å². The van der Waals surface area contributed by atoms with Crippen molar-refractivity contribution in [2.75, 3.05) is 11.9 Å². The van der Waals surface area contributed by atoms with E-state index in [-0.39, 0.29) is 5.91 Å². The van der Waals surface area contributed by atoms with Gasteiger partial charge in [-0.05, 0) is 26.2 Å². The molecular formula is C11H22BrNO2. The molecule has 1 atom stereocenters. The predicted molar refractivity (Wildman–Crippen MR) is 66.2 cm³/mol. The number of unbranched alkanes of at least 4 members (excludes halogenated alkanes) is 1. The fraction of sp³-hybridized carbons (Fsp3) is 0.909. The highest BCUT2D eigenvalue weighted by atomic mass is 79.9. The first-order chi connectivity index (χ1) is 7.02. The van der Waals surface area contributed by atoms with Crippen molar-refractivity contribution >= 4 is 21.8 Å². The monoisotopic (exact) mass is 279 g/mol. The van der Waals surface area contributed by atoms with Crippen molar-refractivity contribution in [3.05, 3.63) is 0 Å². The smallest absolute Gasteiger partial charge is 0.220 e. The van der Waals surface area contributed by atoms with Crippen LogP contribution in [0.5, 0.6) is 0 Å². The van der Waals surface area contributed by atoms with Crippen LogP contribution in [-0.4, -0.2) is 28.5 Å². The number of carbonyl (C=O) groups excluding carboxylic acids is 1. The molecule has 0 saturated heterocycles. The molecule has 2 N–H and O–H groups in total. The van der Waals surface area contributed by atoms with Gasteiger partial charge in [0.1, 0.15) is 0 Å². The summed E-state index contributed by atoms with van der Waals surface area (Å²) in [5.41, 5.74) is -0.764. The quantitative estimate of drug-likeness (QED) is 0.529. The van der Waals surface area contributed by atoms with Crippen LogP contribution >= 0.6 is 15.9 Å². The predicted octanol–water partition coefficient (Wildman–Crippen LogP) is 2.22. The first-order valence-electron chi connectivity index (χ1n) is 5.57. The number of nitrogens with one attached hydrogen (secondary N) is 1. The Hall–Kier alpha value is -0.0900. The van der Waals surface area contributed by atoms with E-state index in [0.29, 0.717) is 19.4 Å². The molecule has 4 heteroatoms. The van der Waals surface area contributed by atoms with Crippen LogP contribution in [0.3, 0.4) is 0 Å². The Kier molecular flexibility index (Phi) is 8.06. The molecule has 1 amide bonds. The molecule has 0 aromatic rings. The van der Waals surface area contributed by atoms with Crippen molar-refractivity contribution < 1.29 is 9.90 Å². The van der Waals surface area contributed by atoms with Crippen LogP contribution in [0.4, 0.5) is 0 Å². The van der Waals surface area contributed by atoms with E-state index in [1.54, 1.807) is 6.92 Å². The minimum Gasteiger partial charge on any atom is -0.388 e. The normalized spacial score (nSPS) is 14.7. The second kappa shape index (κ2) is 8.11. The summed E-state index contributed by atoms with van der Waals surface area (Å²) in [4.78, 5) is 11.3. The van der Waals surface area contributed by atoms with Crippen molar-refractivity contribution in [2.45, 2.75) is 51.6 Å². The van der Waals surface area contributed by atoms with Crippen LogP contribution in [0, 0.1) is 0 Å². The molecule has 0 aliphatic carbocycles. The minimum atomic E-state index is -0.764. The van der Waals surface area contributed by atoms with Gasteiger partial charge < -0.3 is 10.4 Å². The van der Waals surface area contributed by atoms with Crippen LogP contribution < -0.4 is 5.32 Å². The lowest BCUT2D eigenvalue weighted by Gasteiger charge is -2.22. The highest BCUT2D eigenvalue weighted by Crippen LogP contribution is 2.10. The third kappa shape index (κ3) is 8.88. The highest BCUT2D eigenvalue weighted by Gasteiger charge is 2.19. The number of rotatable bonds is 8. The van der Waals surface area contributed by atoms with E-state index in [1.165, 1.54) is 0 Å².